The van der Waals surface area contributed by atoms with Gasteiger partial charge in [-0.15, -0.1) is 0 Å². The Morgan fingerprint density at radius 2 is 1.71 bits per heavy atom. The number of anilines is 1. The van der Waals surface area contributed by atoms with Crippen molar-refractivity contribution >= 4 is 11.6 Å². The summed E-state index contributed by atoms with van der Waals surface area (Å²) in [5.74, 6) is 0.297. The van der Waals surface area contributed by atoms with Crippen LogP contribution in [0.15, 0.2) is 73.1 Å². The van der Waals surface area contributed by atoms with Crippen molar-refractivity contribution in [1.82, 2.24) is 15.1 Å². The summed E-state index contributed by atoms with van der Waals surface area (Å²) >= 11 is 0. The zero-order valence-corrected chi connectivity index (χ0v) is 16.7. The molecule has 5 nitrogen and oxygen atoms in total. The summed E-state index contributed by atoms with van der Waals surface area (Å²) in [6, 6.07) is 19.6. The van der Waals surface area contributed by atoms with E-state index in [1.165, 1.54) is 0 Å². The number of carbonyl (C=O) groups is 1. The quantitative estimate of drug-likeness (QED) is 0.614. The van der Waals surface area contributed by atoms with E-state index >= 15 is 0 Å². The Labute approximate surface area is 166 Å². The largest absolute Gasteiger partial charge is 0.324 e. The van der Waals surface area contributed by atoms with Crippen LogP contribution in [-0.4, -0.2) is 21.7 Å². The van der Waals surface area contributed by atoms with E-state index in [1.807, 2.05) is 60.3 Å². The van der Waals surface area contributed by atoms with E-state index in [2.05, 4.69) is 47.8 Å². The van der Waals surface area contributed by atoms with Gasteiger partial charge >= 0.3 is 0 Å². The second-order valence-electron chi connectivity index (χ2n) is 7.31. The molecule has 0 aliphatic carbocycles. The number of para-hydroxylation sites is 1. The van der Waals surface area contributed by atoms with Crippen molar-refractivity contribution in [3.63, 3.8) is 0 Å². The molecular formula is C23H28N4O. The van der Waals surface area contributed by atoms with Crippen molar-refractivity contribution in [1.29, 1.82) is 0 Å². The van der Waals surface area contributed by atoms with E-state index in [9.17, 15) is 4.79 Å². The molecule has 5 heteroatoms. The standard InChI is InChI=1S/C23H28N4O/c1-17(2)20-12-7-8-13-21(20)26-23(28)18(3)25-22(16-27-15-9-14-24-27)19-10-5-4-6-11-19/h4-15,17-18,22,25H,16H2,1-3H3,(H,26,28)/t18-,22+/m0/s1. The number of rotatable bonds is 8. The monoisotopic (exact) mass is 376 g/mol. The van der Waals surface area contributed by atoms with Crippen LogP contribution < -0.4 is 10.6 Å². The van der Waals surface area contributed by atoms with E-state index in [4.69, 9.17) is 0 Å². The molecule has 146 valence electrons. The van der Waals surface area contributed by atoms with Crippen LogP contribution in [-0.2, 0) is 11.3 Å². The highest BCUT2D eigenvalue weighted by molar-refractivity contribution is 5.95. The number of hydrogen-bond acceptors (Lipinski definition) is 3. The van der Waals surface area contributed by atoms with Gasteiger partial charge in [0.25, 0.3) is 0 Å². The van der Waals surface area contributed by atoms with Crippen LogP contribution in [0.1, 0.15) is 43.9 Å². The van der Waals surface area contributed by atoms with Gasteiger partial charge in [0.1, 0.15) is 0 Å². The van der Waals surface area contributed by atoms with Crippen LogP contribution >= 0.6 is 0 Å². The van der Waals surface area contributed by atoms with Gasteiger partial charge in [0.2, 0.25) is 5.91 Å². The Morgan fingerprint density at radius 1 is 1.00 bits per heavy atom. The fraction of sp³-hybridized carbons (Fsp3) is 0.304. The Kier molecular flexibility index (Phi) is 6.61. The van der Waals surface area contributed by atoms with Crippen molar-refractivity contribution in [3.8, 4) is 0 Å². The molecule has 2 N–H and O–H groups in total. The number of amides is 1. The molecule has 0 fully saturated rings. The van der Waals surface area contributed by atoms with Gasteiger partial charge in [-0.2, -0.15) is 5.10 Å². The van der Waals surface area contributed by atoms with E-state index < -0.39 is 0 Å². The Balaban J connectivity index is 1.72. The van der Waals surface area contributed by atoms with Gasteiger partial charge in [-0.3, -0.25) is 14.8 Å². The normalized spacial score (nSPS) is 13.3. The second-order valence-corrected chi connectivity index (χ2v) is 7.31. The maximum Gasteiger partial charge on any atom is 0.241 e. The Morgan fingerprint density at radius 3 is 2.39 bits per heavy atom. The minimum Gasteiger partial charge on any atom is -0.324 e. The van der Waals surface area contributed by atoms with Gasteiger partial charge in [-0.25, -0.2) is 0 Å². The predicted octanol–water partition coefficient (Wildman–Crippen LogP) is 4.36. The topological polar surface area (TPSA) is 59.0 Å². The lowest BCUT2D eigenvalue weighted by Crippen LogP contribution is -2.41. The van der Waals surface area contributed by atoms with Gasteiger partial charge in [0.15, 0.2) is 0 Å². The molecule has 0 saturated heterocycles. The number of aromatic nitrogens is 2. The molecular weight excluding hydrogens is 348 g/mol. The van der Waals surface area contributed by atoms with Gasteiger partial charge in [0.05, 0.1) is 18.6 Å². The van der Waals surface area contributed by atoms with Crippen LogP contribution in [0.2, 0.25) is 0 Å². The van der Waals surface area contributed by atoms with Crippen molar-refractivity contribution in [3.05, 3.63) is 84.2 Å². The molecule has 3 aromatic rings. The van der Waals surface area contributed by atoms with Gasteiger partial charge in [-0.05, 0) is 36.1 Å². The minimum absolute atomic E-state index is 0.0257. The average Bonchev–Trinajstić information content (AvgIpc) is 3.21. The third kappa shape index (κ3) is 5.08. The smallest absolute Gasteiger partial charge is 0.241 e. The SMILES string of the molecule is CC(C)c1ccccc1NC(=O)[C@H](C)N[C@H](Cn1cccn1)c1ccccc1. The summed E-state index contributed by atoms with van der Waals surface area (Å²) in [4.78, 5) is 12.9. The fourth-order valence-electron chi connectivity index (χ4n) is 3.27. The first kappa shape index (κ1) is 19.8. The molecule has 0 aliphatic heterocycles. The van der Waals surface area contributed by atoms with E-state index in [0.29, 0.717) is 12.5 Å². The highest BCUT2D eigenvalue weighted by Crippen LogP contribution is 2.24. The van der Waals surface area contributed by atoms with E-state index in [-0.39, 0.29) is 18.0 Å². The highest BCUT2D eigenvalue weighted by Gasteiger charge is 2.21. The summed E-state index contributed by atoms with van der Waals surface area (Å²) < 4.78 is 1.88. The first-order chi connectivity index (χ1) is 13.5. The molecule has 0 spiro atoms. The van der Waals surface area contributed by atoms with Crippen LogP contribution in [0.5, 0.6) is 0 Å². The molecule has 28 heavy (non-hydrogen) atoms. The molecule has 3 rings (SSSR count). The minimum atomic E-state index is -0.360. The van der Waals surface area contributed by atoms with Crippen molar-refractivity contribution in [2.75, 3.05) is 5.32 Å². The van der Waals surface area contributed by atoms with Gasteiger partial charge in [0, 0.05) is 18.1 Å². The number of nitrogens with one attached hydrogen (secondary N) is 2. The summed E-state index contributed by atoms with van der Waals surface area (Å²) in [7, 11) is 0. The maximum absolute atomic E-state index is 12.9. The Hall–Kier alpha value is -2.92. The van der Waals surface area contributed by atoms with Crippen molar-refractivity contribution in [2.45, 2.75) is 45.3 Å². The number of nitrogens with zero attached hydrogens (tertiary/aromatic N) is 2. The lowest BCUT2D eigenvalue weighted by Gasteiger charge is -2.24. The highest BCUT2D eigenvalue weighted by atomic mass is 16.2. The summed E-state index contributed by atoms with van der Waals surface area (Å²) in [5, 5.41) is 10.9. The van der Waals surface area contributed by atoms with Crippen LogP contribution in [0, 0.1) is 0 Å². The average molecular weight is 377 g/mol. The molecule has 2 atom stereocenters. The zero-order chi connectivity index (χ0) is 19.9. The van der Waals surface area contributed by atoms with Crippen LogP contribution in [0.4, 0.5) is 5.69 Å². The lowest BCUT2D eigenvalue weighted by molar-refractivity contribution is -0.118. The fourth-order valence-corrected chi connectivity index (χ4v) is 3.27. The first-order valence-electron chi connectivity index (χ1n) is 9.73. The number of hydrogen-bond donors (Lipinski definition) is 2. The second kappa shape index (κ2) is 9.33. The van der Waals surface area contributed by atoms with E-state index in [0.717, 1.165) is 16.8 Å². The molecule has 0 unspecified atom stereocenters. The van der Waals surface area contributed by atoms with Crippen LogP contribution in [0.3, 0.4) is 0 Å². The molecule has 0 saturated carbocycles. The molecule has 2 aromatic carbocycles. The molecule has 0 aliphatic rings. The Bertz CT molecular complexity index is 875. The van der Waals surface area contributed by atoms with E-state index in [1.54, 1.807) is 6.20 Å². The summed E-state index contributed by atoms with van der Waals surface area (Å²) in [5.41, 5.74) is 3.14. The van der Waals surface area contributed by atoms with Crippen molar-refractivity contribution in [2.24, 2.45) is 0 Å². The lowest BCUT2D eigenvalue weighted by atomic mass is 10.0. The van der Waals surface area contributed by atoms with Gasteiger partial charge < -0.3 is 5.32 Å². The maximum atomic E-state index is 12.9. The van der Waals surface area contributed by atoms with Crippen molar-refractivity contribution < 1.29 is 4.79 Å². The molecule has 0 radical (unpaired) electrons. The molecule has 1 aromatic heterocycles. The van der Waals surface area contributed by atoms with Gasteiger partial charge in [-0.1, -0.05) is 62.4 Å². The van der Waals surface area contributed by atoms with Crippen LogP contribution in [0.25, 0.3) is 0 Å². The third-order valence-corrected chi connectivity index (χ3v) is 4.82. The first-order valence-corrected chi connectivity index (χ1v) is 9.73. The number of carbonyl (C=O) groups excluding carboxylic acids is 1. The zero-order valence-electron chi connectivity index (χ0n) is 16.7. The molecule has 1 amide bonds. The molecule has 1 heterocycles. The number of benzene rings is 2. The summed E-state index contributed by atoms with van der Waals surface area (Å²) in [6.45, 7) is 6.80. The third-order valence-electron chi connectivity index (χ3n) is 4.82. The molecule has 0 bridgehead atoms. The summed E-state index contributed by atoms with van der Waals surface area (Å²) in [6.07, 6.45) is 3.70. The predicted molar refractivity (Wildman–Crippen MR) is 113 cm³/mol.